The lowest BCUT2D eigenvalue weighted by Gasteiger charge is -2.06. The number of anilines is 1. The van der Waals surface area contributed by atoms with Crippen molar-refractivity contribution in [1.29, 1.82) is 0 Å². The monoisotopic (exact) mass is 331 g/mol. The smallest absolute Gasteiger partial charge is 0.266 e. The number of carbonyl (C=O) groups is 1. The minimum absolute atomic E-state index is 0.0577. The second kappa shape index (κ2) is 6.36. The van der Waals surface area contributed by atoms with Gasteiger partial charge in [-0.2, -0.15) is 0 Å². The zero-order chi connectivity index (χ0) is 16.4. The Morgan fingerprint density at radius 3 is 2.83 bits per heavy atom. The summed E-state index contributed by atoms with van der Waals surface area (Å²) in [6.07, 6.45) is 0. The lowest BCUT2D eigenvalue weighted by molar-refractivity contribution is 0.102. The molecule has 1 aromatic heterocycles. The van der Waals surface area contributed by atoms with Gasteiger partial charge < -0.3 is 15.2 Å². The Morgan fingerprint density at radius 1 is 1.30 bits per heavy atom. The van der Waals surface area contributed by atoms with Gasteiger partial charge in [-0.15, -0.1) is 11.3 Å². The van der Waals surface area contributed by atoms with Crippen LogP contribution in [0.4, 0.5) is 10.1 Å². The Kier molecular flexibility index (Phi) is 4.27. The third kappa shape index (κ3) is 3.04. The van der Waals surface area contributed by atoms with Crippen molar-refractivity contribution in [2.45, 2.75) is 6.61 Å². The highest BCUT2D eigenvalue weighted by Gasteiger charge is 2.20. The molecule has 0 aliphatic carbocycles. The molecule has 0 spiro atoms. The lowest BCUT2D eigenvalue weighted by Crippen LogP contribution is -2.12. The van der Waals surface area contributed by atoms with E-state index in [1.54, 1.807) is 24.3 Å². The van der Waals surface area contributed by atoms with Crippen LogP contribution in [0.25, 0.3) is 10.1 Å². The van der Waals surface area contributed by atoms with E-state index in [0.717, 1.165) is 0 Å². The van der Waals surface area contributed by atoms with E-state index in [9.17, 15) is 14.3 Å². The number of thiophene rings is 1. The van der Waals surface area contributed by atoms with Crippen LogP contribution in [0, 0.1) is 5.82 Å². The molecule has 0 aliphatic heterocycles. The number of aromatic hydroxyl groups is 1. The lowest BCUT2D eigenvalue weighted by atomic mass is 10.1. The summed E-state index contributed by atoms with van der Waals surface area (Å²) >= 11 is 1.22. The second-order valence-electron chi connectivity index (χ2n) is 4.96. The Bertz CT molecular complexity index is 875. The molecule has 4 nitrogen and oxygen atoms in total. The minimum atomic E-state index is -0.373. The van der Waals surface area contributed by atoms with Gasteiger partial charge in [-0.05, 0) is 24.3 Å². The van der Waals surface area contributed by atoms with E-state index >= 15 is 0 Å². The number of hydrogen-bond donors (Lipinski definition) is 2. The van der Waals surface area contributed by atoms with Crippen LogP contribution in [0.1, 0.15) is 15.2 Å². The van der Waals surface area contributed by atoms with Crippen molar-refractivity contribution >= 4 is 33.0 Å². The molecule has 0 unspecified atom stereocenters. The van der Waals surface area contributed by atoms with Crippen molar-refractivity contribution in [1.82, 2.24) is 0 Å². The van der Waals surface area contributed by atoms with E-state index in [4.69, 9.17) is 4.74 Å². The maximum Gasteiger partial charge on any atom is 0.266 e. The molecule has 0 saturated carbocycles. The molecule has 1 heterocycles. The zero-order valence-electron chi connectivity index (χ0n) is 12.3. The molecule has 0 fully saturated rings. The number of benzene rings is 2. The fourth-order valence-corrected chi connectivity index (χ4v) is 3.52. The van der Waals surface area contributed by atoms with Gasteiger partial charge in [-0.3, -0.25) is 4.79 Å². The van der Waals surface area contributed by atoms with Gasteiger partial charge >= 0.3 is 0 Å². The molecule has 2 N–H and O–H groups in total. The van der Waals surface area contributed by atoms with Crippen molar-refractivity contribution < 1.29 is 19.0 Å². The van der Waals surface area contributed by atoms with Crippen LogP contribution in [0.3, 0.4) is 0 Å². The molecule has 3 aromatic rings. The molecule has 0 saturated heterocycles. The Balaban J connectivity index is 2.03. The maximum absolute atomic E-state index is 14.1. The highest BCUT2D eigenvalue weighted by Crippen LogP contribution is 2.34. The molecule has 0 bridgehead atoms. The number of phenols is 1. The van der Waals surface area contributed by atoms with Gasteiger partial charge in [0, 0.05) is 34.5 Å². The molecule has 6 heteroatoms. The van der Waals surface area contributed by atoms with E-state index in [1.807, 2.05) is 0 Å². The summed E-state index contributed by atoms with van der Waals surface area (Å²) in [5, 5.41) is 12.6. The van der Waals surface area contributed by atoms with Crippen LogP contribution >= 0.6 is 11.3 Å². The van der Waals surface area contributed by atoms with Crippen molar-refractivity contribution in [2.75, 3.05) is 12.4 Å². The number of halogens is 1. The van der Waals surface area contributed by atoms with E-state index in [-0.39, 0.29) is 24.1 Å². The maximum atomic E-state index is 14.1. The van der Waals surface area contributed by atoms with E-state index in [1.165, 1.54) is 36.6 Å². The quantitative estimate of drug-likeness (QED) is 0.755. The molecule has 118 valence electrons. The largest absolute Gasteiger partial charge is 0.508 e. The van der Waals surface area contributed by atoms with Crippen LogP contribution < -0.4 is 5.32 Å². The highest BCUT2D eigenvalue weighted by atomic mass is 32.1. The molecule has 0 aliphatic rings. The Morgan fingerprint density at radius 2 is 2.09 bits per heavy atom. The Labute approximate surface area is 136 Å². The number of amides is 1. The number of phenolic OH excluding ortho intramolecular Hbond substituents is 1. The van der Waals surface area contributed by atoms with Gasteiger partial charge in [-0.1, -0.05) is 12.1 Å². The number of carbonyl (C=O) groups excluding carboxylic acids is 1. The summed E-state index contributed by atoms with van der Waals surface area (Å²) in [5.41, 5.74) is 1.000. The third-order valence-electron chi connectivity index (χ3n) is 3.36. The SMILES string of the molecule is COCc1c(C(=O)Nc2cccc(O)c2)sc2cccc(F)c12. The van der Waals surface area contributed by atoms with Crippen LogP contribution in [0.15, 0.2) is 42.5 Å². The summed E-state index contributed by atoms with van der Waals surface area (Å²) in [7, 11) is 1.50. The molecule has 2 aromatic carbocycles. The number of hydrogen-bond acceptors (Lipinski definition) is 4. The van der Waals surface area contributed by atoms with E-state index < -0.39 is 0 Å². The van der Waals surface area contributed by atoms with Crippen LogP contribution in [0.2, 0.25) is 0 Å². The first-order valence-corrected chi connectivity index (χ1v) is 7.71. The first-order chi connectivity index (χ1) is 11.1. The molecular formula is C17H14FNO3S. The normalized spacial score (nSPS) is 10.9. The summed E-state index contributed by atoms with van der Waals surface area (Å²) in [6, 6.07) is 11.0. The average molecular weight is 331 g/mol. The number of rotatable bonds is 4. The molecule has 0 atom stereocenters. The molecule has 1 amide bonds. The summed E-state index contributed by atoms with van der Waals surface area (Å²) in [5.74, 6) is -0.673. The van der Waals surface area contributed by atoms with Gasteiger partial charge in [0.2, 0.25) is 0 Å². The zero-order valence-corrected chi connectivity index (χ0v) is 13.1. The minimum Gasteiger partial charge on any atom is -0.508 e. The van der Waals surface area contributed by atoms with Gasteiger partial charge in [0.1, 0.15) is 11.6 Å². The van der Waals surface area contributed by atoms with E-state index in [2.05, 4.69) is 5.32 Å². The summed E-state index contributed by atoms with van der Waals surface area (Å²) in [6.45, 7) is 0.143. The van der Waals surface area contributed by atoms with Gasteiger partial charge in [0.05, 0.1) is 11.5 Å². The Hall–Kier alpha value is -2.44. The number of methoxy groups -OCH3 is 1. The summed E-state index contributed by atoms with van der Waals surface area (Å²) in [4.78, 5) is 12.9. The fraction of sp³-hybridized carbons (Fsp3) is 0.118. The second-order valence-corrected chi connectivity index (χ2v) is 6.01. The van der Waals surface area contributed by atoms with Gasteiger partial charge in [0.25, 0.3) is 5.91 Å². The number of fused-ring (bicyclic) bond motifs is 1. The first-order valence-electron chi connectivity index (χ1n) is 6.89. The molecule has 23 heavy (non-hydrogen) atoms. The molecular weight excluding hydrogens is 317 g/mol. The third-order valence-corrected chi connectivity index (χ3v) is 4.56. The first kappa shape index (κ1) is 15.5. The average Bonchev–Trinajstić information content (AvgIpc) is 2.88. The molecule has 0 radical (unpaired) electrons. The van der Waals surface area contributed by atoms with Crippen LogP contribution in [-0.2, 0) is 11.3 Å². The fourth-order valence-electron chi connectivity index (χ4n) is 2.40. The van der Waals surface area contributed by atoms with Crippen molar-refractivity contribution in [3.8, 4) is 5.75 Å². The van der Waals surface area contributed by atoms with Gasteiger partial charge in [-0.25, -0.2) is 4.39 Å². The number of ether oxygens (including phenoxy) is 1. The molecule has 3 rings (SSSR count). The highest BCUT2D eigenvalue weighted by molar-refractivity contribution is 7.21. The predicted octanol–water partition coefficient (Wildman–Crippen LogP) is 4.14. The predicted molar refractivity (Wildman–Crippen MR) is 88.6 cm³/mol. The van der Waals surface area contributed by atoms with Gasteiger partial charge in [0.15, 0.2) is 0 Å². The summed E-state index contributed by atoms with van der Waals surface area (Å²) < 4.78 is 19.9. The van der Waals surface area contributed by atoms with Crippen LogP contribution in [0.5, 0.6) is 5.75 Å². The van der Waals surface area contributed by atoms with Crippen molar-refractivity contribution in [3.05, 3.63) is 58.7 Å². The van der Waals surface area contributed by atoms with Crippen molar-refractivity contribution in [2.24, 2.45) is 0 Å². The van der Waals surface area contributed by atoms with E-state index in [0.29, 0.717) is 26.2 Å². The topological polar surface area (TPSA) is 58.6 Å². The van der Waals surface area contributed by atoms with Crippen LogP contribution in [-0.4, -0.2) is 18.1 Å². The van der Waals surface area contributed by atoms with Crippen molar-refractivity contribution in [3.63, 3.8) is 0 Å². The standard InChI is InChI=1S/C17H14FNO3S/c1-22-9-12-15-13(18)6-3-7-14(15)23-16(12)17(21)19-10-4-2-5-11(20)8-10/h2-8,20H,9H2,1H3,(H,19,21). The number of nitrogens with one attached hydrogen (secondary N) is 1.